The van der Waals surface area contributed by atoms with E-state index in [4.69, 9.17) is 0 Å². The zero-order valence-corrected chi connectivity index (χ0v) is 13.2. The van der Waals surface area contributed by atoms with Gasteiger partial charge in [-0.15, -0.1) is 0 Å². The molecular weight excluding hydrogens is 256 g/mol. The van der Waals surface area contributed by atoms with Gasteiger partial charge in [0.25, 0.3) is 0 Å². The van der Waals surface area contributed by atoms with Gasteiger partial charge in [-0.05, 0) is 54.8 Å². The van der Waals surface area contributed by atoms with Crippen LogP contribution in [0.15, 0.2) is 42.5 Å². The summed E-state index contributed by atoms with van der Waals surface area (Å²) in [5.74, 6) is 0.957. The molecule has 1 fully saturated rings. The van der Waals surface area contributed by atoms with Gasteiger partial charge < -0.3 is 10.2 Å². The number of nitrogens with zero attached hydrogens (tertiary/aromatic N) is 1. The maximum atomic E-state index is 3.50. The van der Waals surface area contributed by atoms with Gasteiger partial charge in [-0.25, -0.2) is 0 Å². The smallest absolute Gasteiger partial charge is 0.0447 e. The highest BCUT2D eigenvalue weighted by molar-refractivity contribution is 5.83. The van der Waals surface area contributed by atoms with Crippen molar-refractivity contribution in [3.63, 3.8) is 0 Å². The molecule has 2 aromatic rings. The lowest BCUT2D eigenvalue weighted by atomic mass is 10.0. The van der Waals surface area contributed by atoms with Crippen LogP contribution in [0.4, 0.5) is 0 Å². The average molecular weight is 282 g/mol. The topological polar surface area (TPSA) is 15.3 Å². The van der Waals surface area contributed by atoms with E-state index in [0.717, 1.165) is 19.0 Å². The van der Waals surface area contributed by atoms with E-state index in [1.807, 2.05) is 0 Å². The third-order valence-electron chi connectivity index (χ3n) is 4.63. The van der Waals surface area contributed by atoms with E-state index in [1.165, 1.54) is 35.7 Å². The number of benzene rings is 2. The summed E-state index contributed by atoms with van der Waals surface area (Å²) >= 11 is 0. The number of hydrogen-bond donors (Lipinski definition) is 1. The molecule has 1 unspecified atom stereocenters. The van der Waals surface area contributed by atoms with Crippen LogP contribution in [0, 0.1) is 5.92 Å². The molecule has 0 heterocycles. The number of rotatable bonds is 7. The van der Waals surface area contributed by atoms with Gasteiger partial charge in [0.2, 0.25) is 0 Å². The summed E-state index contributed by atoms with van der Waals surface area (Å²) in [5, 5.41) is 6.15. The molecule has 0 amide bonds. The molecule has 1 aliphatic rings. The molecule has 0 aliphatic heterocycles. The number of nitrogens with one attached hydrogen (secondary N) is 1. The molecular formula is C19H26N2. The summed E-state index contributed by atoms with van der Waals surface area (Å²) in [4.78, 5) is 2.59. The summed E-state index contributed by atoms with van der Waals surface area (Å²) < 4.78 is 0. The Morgan fingerprint density at radius 2 is 1.90 bits per heavy atom. The predicted octanol–water partition coefficient (Wildman–Crippen LogP) is 3.83. The van der Waals surface area contributed by atoms with E-state index in [1.54, 1.807) is 0 Å². The van der Waals surface area contributed by atoms with Crippen molar-refractivity contribution in [3.05, 3.63) is 48.0 Å². The number of likely N-dealkylation sites (N-methyl/N-ethyl adjacent to an activating group) is 2. The lowest BCUT2D eigenvalue weighted by Gasteiger charge is -2.26. The molecule has 3 rings (SSSR count). The van der Waals surface area contributed by atoms with E-state index in [2.05, 4.69) is 66.7 Å². The van der Waals surface area contributed by atoms with Crippen molar-refractivity contribution in [1.82, 2.24) is 10.2 Å². The van der Waals surface area contributed by atoms with Crippen molar-refractivity contribution in [2.75, 3.05) is 26.7 Å². The largest absolute Gasteiger partial charge is 0.312 e. The Bertz CT molecular complexity index is 589. The molecule has 0 bridgehead atoms. The molecule has 21 heavy (non-hydrogen) atoms. The van der Waals surface area contributed by atoms with Crippen molar-refractivity contribution in [1.29, 1.82) is 0 Å². The third kappa shape index (κ3) is 3.63. The average Bonchev–Trinajstić information content (AvgIpc) is 3.35. The van der Waals surface area contributed by atoms with Crippen molar-refractivity contribution >= 4 is 10.8 Å². The fraction of sp³-hybridized carbons (Fsp3) is 0.474. The van der Waals surface area contributed by atoms with Crippen molar-refractivity contribution in [2.45, 2.75) is 25.8 Å². The van der Waals surface area contributed by atoms with Gasteiger partial charge >= 0.3 is 0 Å². The number of fused-ring (bicyclic) bond motifs is 1. The molecule has 2 nitrogen and oxygen atoms in total. The van der Waals surface area contributed by atoms with Crippen LogP contribution in [0.5, 0.6) is 0 Å². The van der Waals surface area contributed by atoms with Crippen molar-refractivity contribution in [2.24, 2.45) is 5.92 Å². The van der Waals surface area contributed by atoms with Crippen LogP contribution < -0.4 is 5.32 Å². The Labute approximate surface area is 128 Å². The summed E-state index contributed by atoms with van der Waals surface area (Å²) in [5.41, 5.74) is 1.39. The fourth-order valence-electron chi connectivity index (χ4n) is 3.04. The highest BCUT2D eigenvalue weighted by atomic mass is 15.1. The molecule has 0 aromatic heterocycles. The van der Waals surface area contributed by atoms with E-state index in [-0.39, 0.29) is 0 Å². The van der Waals surface area contributed by atoms with Crippen LogP contribution >= 0.6 is 0 Å². The fourth-order valence-corrected chi connectivity index (χ4v) is 3.04. The molecule has 0 radical (unpaired) electrons. The van der Waals surface area contributed by atoms with E-state index >= 15 is 0 Å². The molecule has 1 saturated carbocycles. The minimum Gasteiger partial charge on any atom is -0.312 e. The molecule has 1 atom stereocenters. The Morgan fingerprint density at radius 3 is 2.57 bits per heavy atom. The second kappa shape index (κ2) is 6.59. The van der Waals surface area contributed by atoms with Gasteiger partial charge in [-0.2, -0.15) is 0 Å². The Kier molecular flexibility index (Phi) is 4.57. The Hall–Kier alpha value is -1.38. The van der Waals surface area contributed by atoms with E-state index in [0.29, 0.717) is 6.04 Å². The molecule has 112 valence electrons. The highest BCUT2D eigenvalue weighted by Crippen LogP contribution is 2.30. The SMILES string of the molecule is CCN(CC1CC1)CC(NC)c1ccc2ccccc2c1. The molecule has 0 saturated heterocycles. The first-order valence-corrected chi connectivity index (χ1v) is 8.18. The highest BCUT2D eigenvalue weighted by Gasteiger charge is 2.25. The van der Waals surface area contributed by atoms with Gasteiger partial charge in [0.05, 0.1) is 0 Å². The minimum atomic E-state index is 0.410. The molecule has 0 spiro atoms. The lowest BCUT2D eigenvalue weighted by molar-refractivity contribution is 0.248. The first-order chi connectivity index (χ1) is 10.3. The quantitative estimate of drug-likeness (QED) is 0.830. The van der Waals surface area contributed by atoms with Crippen LogP contribution in [0.3, 0.4) is 0 Å². The van der Waals surface area contributed by atoms with E-state index in [9.17, 15) is 0 Å². The molecule has 2 heteroatoms. The summed E-state index contributed by atoms with van der Waals surface area (Å²) in [6.07, 6.45) is 2.85. The van der Waals surface area contributed by atoms with Gasteiger partial charge in [-0.1, -0.05) is 43.3 Å². The predicted molar refractivity (Wildman–Crippen MR) is 90.6 cm³/mol. The van der Waals surface area contributed by atoms with Crippen LogP contribution in [-0.4, -0.2) is 31.6 Å². The summed E-state index contributed by atoms with van der Waals surface area (Å²) in [7, 11) is 2.07. The first kappa shape index (κ1) is 14.6. The van der Waals surface area contributed by atoms with Gasteiger partial charge in [0.1, 0.15) is 0 Å². The zero-order valence-electron chi connectivity index (χ0n) is 13.2. The second-order valence-electron chi connectivity index (χ2n) is 6.24. The maximum Gasteiger partial charge on any atom is 0.0447 e. The van der Waals surface area contributed by atoms with Crippen molar-refractivity contribution in [3.8, 4) is 0 Å². The third-order valence-corrected chi connectivity index (χ3v) is 4.63. The monoisotopic (exact) mass is 282 g/mol. The molecule has 1 aliphatic carbocycles. The first-order valence-electron chi connectivity index (χ1n) is 8.18. The van der Waals surface area contributed by atoms with Gasteiger partial charge in [0.15, 0.2) is 0 Å². The maximum absolute atomic E-state index is 3.50. The van der Waals surface area contributed by atoms with Crippen LogP contribution in [0.1, 0.15) is 31.4 Å². The minimum absolute atomic E-state index is 0.410. The Balaban J connectivity index is 1.76. The van der Waals surface area contributed by atoms with Crippen LogP contribution in [-0.2, 0) is 0 Å². The van der Waals surface area contributed by atoms with Crippen LogP contribution in [0.2, 0.25) is 0 Å². The standard InChI is InChI=1S/C19H26N2/c1-3-21(13-15-8-9-15)14-19(20-2)18-11-10-16-6-4-5-7-17(16)12-18/h4-7,10-12,15,19-20H,3,8-9,13-14H2,1-2H3. The second-order valence-corrected chi connectivity index (χ2v) is 6.24. The van der Waals surface area contributed by atoms with Gasteiger partial charge in [0, 0.05) is 19.1 Å². The summed E-state index contributed by atoms with van der Waals surface area (Å²) in [6, 6.07) is 15.9. The van der Waals surface area contributed by atoms with E-state index < -0.39 is 0 Å². The molecule has 1 N–H and O–H groups in total. The summed E-state index contributed by atoms with van der Waals surface area (Å²) in [6.45, 7) is 5.78. The number of hydrogen-bond acceptors (Lipinski definition) is 2. The normalized spacial score (nSPS) is 16.5. The zero-order chi connectivity index (χ0) is 14.7. The molecule has 2 aromatic carbocycles. The van der Waals surface area contributed by atoms with Gasteiger partial charge in [-0.3, -0.25) is 0 Å². The Morgan fingerprint density at radius 1 is 1.14 bits per heavy atom. The van der Waals surface area contributed by atoms with Crippen LogP contribution in [0.25, 0.3) is 10.8 Å². The lowest BCUT2D eigenvalue weighted by Crippen LogP contribution is -2.35. The van der Waals surface area contributed by atoms with Crippen molar-refractivity contribution < 1.29 is 0 Å².